The topological polar surface area (TPSA) is 148 Å². The zero-order valence-corrected chi connectivity index (χ0v) is 15.9. The van der Waals surface area contributed by atoms with Gasteiger partial charge in [-0.15, -0.1) is 0 Å². The van der Waals surface area contributed by atoms with Crippen LogP contribution < -0.4 is 22.1 Å². The number of carboxylic acid groups (broad SMARTS) is 1. The third-order valence-corrected chi connectivity index (χ3v) is 4.05. The van der Waals surface area contributed by atoms with Crippen molar-refractivity contribution >= 4 is 17.8 Å². The van der Waals surface area contributed by atoms with Crippen molar-refractivity contribution < 1.29 is 19.5 Å². The SMILES string of the molecule is CC(C)C[C@@H](NC(=O)[C@@H](N)CCN)C(=O)N[C@@H](Cc1ccccc1)C(=O)O. The summed E-state index contributed by atoms with van der Waals surface area (Å²) in [6.45, 7) is 4.07. The molecule has 0 aliphatic heterocycles. The van der Waals surface area contributed by atoms with Gasteiger partial charge in [-0.25, -0.2) is 4.79 Å². The summed E-state index contributed by atoms with van der Waals surface area (Å²) in [4.78, 5) is 36.4. The van der Waals surface area contributed by atoms with Crippen molar-refractivity contribution in [2.75, 3.05) is 6.54 Å². The largest absolute Gasteiger partial charge is 0.480 e. The van der Waals surface area contributed by atoms with E-state index in [9.17, 15) is 19.5 Å². The average Bonchev–Trinajstić information content (AvgIpc) is 2.61. The number of nitrogens with one attached hydrogen (secondary N) is 2. The van der Waals surface area contributed by atoms with Gasteiger partial charge in [-0.3, -0.25) is 9.59 Å². The first-order valence-electron chi connectivity index (χ1n) is 9.07. The van der Waals surface area contributed by atoms with Gasteiger partial charge >= 0.3 is 5.97 Å². The fourth-order valence-electron chi connectivity index (χ4n) is 2.61. The van der Waals surface area contributed by atoms with E-state index in [1.54, 1.807) is 24.3 Å². The Morgan fingerprint density at radius 2 is 1.63 bits per heavy atom. The van der Waals surface area contributed by atoms with Crippen molar-refractivity contribution in [3.05, 3.63) is 35.9 Å². The highest BCUT2D eigenvalue weighted by Gasteiger charge is 2.28. The van der Waals surface area contributed by atoms with Gasteiger partial charge in [0.2, 0.25) is 11.8 Å². The predicted molar refractivity (Wildman–Crippen MR) is 103 cm³/mol. The quantitative estimate of drug-likeness (QED) is 0.366. The number of hydrogen-bond acceptors (Lipinski definition) is 5. The fourth-order valence-corrected chi connectivity index (χ4v) is 2.61. The van der Waals surface area contributed by atoms with Gasteiger partial charge in [0, 0.05) is 6.42 Å². The Bertz CT molecular complexity index is 621. The van der Waals surface area contributed by atoms with Crippen LogP contribution in [0.15, 0.2) is 30.3 Å². The molecule has 0 fully saturated rings. The molecular weight excluding hydrogens is 348 g/mol. The Labute approximate surface area is 159 Å². The normalized spacial score (nSPS) is 14.3. The van der Waals surface area contributed by atoms with E-state index < -0.39 is 35.9 Å². The number of carboxylic acids is 1. The maximum absolute atomic E-state index is 12.6. The second kappa shape index (κ2) is 11.3. The van der Waals surface area contributed by atoms with E-state index in [1.807, 2.05) is 19.9 Å². The molecule has 0 spiro atoms. The van der Waals surface area contributed by atoms with Crippen LogP contribution in [-0.4, -0.2) is 47.6 Å². The summed E-state index contributed by atoms with van der Waals surface area (Å²) in [7, 11) is 0. The van der Waals surface area contributed by atoms with Gasteiger partial charge in [-0.1, -0.05) is 44.2 Å². The van der Waals surface area contributed by atoms with E-state index in [0.717, 1.165) is 5.56 Å². The molecule has 27 heavy (non-hydrogen) atoms. The molecule has 0 aliphatic rings. The molecule has 0 radical (unpaired) electrons. The number of hydrogen-bond donors (Lipinski definition) is 5. The number of benzene rings is 1. The van der Waals surface area contributed by atoms with Crippen LogP contribution >= 0.6 is 0 Å². The summed E-state index contributed by atoms with van der Waals surface area (Å²) in [5.74, 6) is -2.04. The maximum Gasteiger partial charge on any atom is 0.326 e. The van der Waals surface area contributed by atoms with Crippen LogP contribution in [0.3, 0.4) is 0 Å². The van der Waals surface area contributed by atoms with Gasteiger partial charge in [0.1, 0.15) is 12.1 Å². The van der Waals surface area contributed by atoms with E-state index in [1.165, 1.54) is 0 Å². The van der Waals surface area contributed by atoms with Crippen LogP contribution in [0.5, 0.6) is 0 Å². The van der Waals surface area contributed by atoms with E-state index in [2.05, 4.69) is 10.6 Å². The number of nitrogens with two attached hydrogens (primary N) is 2. The highest BCUT2D eigenvalue weighted by atomic mass is 16.4. The fraction of sp³-hybridized carbons (Fsp3) is 0.526. The molecule has 3 atom stereocenters. The van der Waals surface area contributed by atoms with Crippen LogP contribution in [0.1, 0.15) is 32.3 Å². The monoisotopic (exact) mass is 378 g/mol. The van der Waals surface area contributed by atoms with Crippen molar-refractivity contribution in [3.8, 4) is 0 Å². The number of aliphatic carboxylic acids is 1. The van der Waals surface area contributed by atoms with Gasteiger partial charge in [0.15, 0.2) is 0 Å². The highest BCUT2D eigenvalue weighted by molar-refractivity contribution is 5.91. The average molecular weight is 378 g/mol. The van der Waals surface area contributed by atoms with E-state index in [4.69, 9.17) is 11.5 Å². The van der Waals surface area contributed by atoms with E-state index >= 15 is 0 Å². The molecule has 0 aliphatic carbocycles. The number of rotatable bonds is 11. The molecule has 0 saturated carbocycles. The third kappa shape index (κ3) is 8.19. The molecule has 0 bridgehead atoms. The minimum absolute atomic E-state index is 0.115. The molecule has 150 valence electrons. The minimum atomic E-state index is -1.14. The molecular formula is C19H30N4O4. The molecule has 1 aromatic rings. The zero-order valence-electron chi connectivity index (χ0n) is 15.9. The summed E-state index contributed by atoms with van der Waals surface area (Å²) in [5.41, 5.74) is 11.9. The van der Waals surface area contributed by atoms with Gasteiger partial charge in [0.05, 0.1) is 6.04 Å². The zero-order chi connectivity index (χ0) is 20.4. The molecule has 2 amide bonds. The molecule has 0 aromatic heterocycles. The lowest BCUT2D eigenvalue weighted by molar-refractivity contribution is -0.142. The molecule has 1 aromatic carbocycles. The summed E-state index contributed by atoms with van der Waals surface area (Å²) >= 11 is 0. The van der Waals surface area contributed by atoms with Crippen molar-refractivity contribution in [1.82, 2.24) is 10.6 Å². The first-order valence-corrected chi connectivity index (χ1v) is 9.07. The van der Waals surface area contributed by atoms with Crippen LogP contribution in [0.25, 0.3) is 0 Å². The lowest BCUT2D eigenvalue weighted by Gasteiger charge is -2.24. The molecule has 8 heteroatoms. The maximum atomic E-state index is 12.6. The van der Waals surface area contributed by atoms with Gasteiger partial charge in [-0.2, -0.15) is 0 Å². The molecule has 7 N–H and O–H groups in total. The van der Waals surface area contributed by atoms with Crippen molar-refractivity contribution in [2.45, 2.75) is 51.2 Å². The lowest BCUT2D eigenvalue weighted by Crippen LogP contribution is -2.55. The number of carbonyl (C=O) groups is 3. The van der Waals surface area contributed by atoms with Gasteiger partial charge in [0.25, 0.3) is 0 Å². The Morgan fingerprint density at radius 3 is 2.15 bits per heavy atom. The standard InChI is InChI=1S/C19H30N4O4/c1-12(2)10-15(22-17(24)14(21)8-9-20)18(25)23-16(19(26)27)11-13-6-4-3-5-7-13/h3-7,12,14-16H,8-11,20-21H2,1-2H3,(H,22,24)(H,23,25)(H,26,27)/t14-,15+,16-/m0/s1. The highest BCUT2D eigenvalue weighted by Crippen LogP contribution is 2.08. The minimum Gasteiger partial charge on any atom is -0.480 e. The van der Waals surface area contributed by atoms with Crippen LogP contribution in [0.4, 0.5) is 0 Å². The molecule has 0 heterocycles. The second-order valence-corrected chi connectivity index (χ2v) is 6.96. The van der Waals surface area contributed by atoms with Crippen LogP contribution in [-0.2, 0) is 20.8 Å². The Morgan fingerprint density at radius 1 is 1.04 bits per heavy atom. The Kier molecular flexibility index (Phi) is 9.46. The first kappa shape index (κ1) is 22.6. The van der Waals surface area contributed by atoms with Crippen LogP contribution in [0, 0.1) is 5.92 Å². The third-order valence-electron chi connectivity index (χ3n) is 4.05. The summed E-state index contributed by atoms with van der Waals surface area (Å²) < 4.78 is 0. The van der Waals surface area contributed by atoms with Crippen LogP contribution in [0.2, 0.25) is 0 Å². The predicted octanol–water partition coefficient (Wildman–Crippen LogP) is 0.00550. The van der Waals surface area contributed by atoms with E-state index in [0.29, 0.717) is 12.8 Å². The number of carbonyl (C=O) groups excluding carboxylic acids is 2. The second-order valence-electron chi connectivity index (χ2n) is 6.96. The summed E-state index contributed by atoms with van der Waals surface area (Å²) in [5, 5.41) is 14.6. The van der Waals surface area contributed by atoms with Crippen molar-refractivity contribution in [3.63, 3.8) is 0 Å². The summed E-state index contributed by atoms with van der Waals surface area (Å²) in [6, 6.07) is 6.26. The smallest absolute Gasteiger partial charge is 0.326 e. The van der Waals surface area contributed by atoms with E-state index in [-0.39, 0.29) is 18.9 Å². The van der Waals surface area contributed by atoms with Crippen molar-refractivity contribution in [1.29, 1.82) is 0 Å². The molecule has 1 rings (SSSR count). The first-order chi connectivity index (χ1) is 12.7. The lowest BCUT2D eigenvalue weighted by atomic mass is 10.0. The molecule has 0 saturated heterocycles. The molecule has 8 nitrogen and oxygen atoms in total. The Hall–Kier alpha value is -2.45. The molecule has 0 unspecified atom stereocenters. The van der Waals surface area contributed by atoms with Gasteiger partial charge in [-0.05, 0) is 30.9 Å². The summed E-state index contributed by atoms with van der Waals surface area (Å²) in [6.07, 6.45) is 0.815. The van der Waals surface area contributed by atoms with Crippen molar-refractivity contribution in [2.24, 2.45) is 17.4 Å². The van der Waals surface area contributed by atoms with Gasteiger partial charge < -0.3 is 27.2 Å². The Balaban J connectivity index is 2.82. The number of amides is 2.